The lowest BCUT2D eigenvalue weighted by atomic mass is 9.99. The summed E-state index contributed by atoms with van der Waals surface area (Å²) in [7, 11) is 1.81. The highest BCUT2D eigenvalue weighted by molar-refractivity contribution is 5.97. The molecule has 0 unspecified atom stereocenters. The average Bonchev–Trinajstić information content (AvgIpc) is 3.59. The van der Waals surface area contributed by atoms with Gasteiger partial charge < -0.3 is 19.6 Å². The number of hydrogen-bond acceptors (Lipinski definition) is 5. The second-order valence-electron chi connectivity index (χ2n) is 10.0. The standard InChI is InChI=1S/C26H37N3O4/c1-17(2)7-6-8-21-11-22-25(27-13-21)33-23(15-28(5)24(31)12-20-9-10-20)18(3)14-29(26(22)32)19(4)16-30/h11,13,17-20,23,30H,7,9-10,12,14-16H2,1-5H3/t18-,19-,23+/m1/s1. The van der Waals surface area contributed by atoms with Crippen LogP contribution in [-0.4, -0.2) is 70.6 Å². The first kappa shape index (κ1) is 25.0. The number of carbonyl (C=O) groups excluding carboxylic acids is 2. The molecule has 1 aliphatic heterocycles. The number of fused-ring (bicyclic) bond motifs is 1. The number of aliphatic hydroxyl groups is 1. The Morgan fingerprint density at radius 3 is 2.73 bits per heavy atom. The van der Waals surface area contributed by atoms with Crippen molar-refractivity contribution in [2.45, 2.75) is 65.5 Å². The van der Waals surface area contributed by atoms with Crippen LogP contribution in [0.3, 0.4) is 0 Å². The molecule has 1 saturated carbocycles. The molecular weight excluding hydrogens is 418 g/mol. The quantitative estimate of drug-likeness (QED) is 0.639. The SMILES string of the molecule is CC(C)CC#Cc1cnc2c(c1)C(=O)N([C@H](C)CO)C[C@@H](C)[C@H](CN(C)C(=O)CC1CC1)O2. The minimum atomic E-state index is -0.351. The van der Waals surface area contributed by atoms with Crippen molar-refractivity contribution in [3.8, 4) is 17.7 Å². The van der Waals surface area contributed by atoms with Gasteiger partial charge in [0.15, 0.2) is 0 Å². The number of hydrogen-bond donors (Lipinski definition) is 1. The molecular formula is C26H37N3O4. The van der Waals surface area contributed by atoms with Gasteiger partial charge in [0.1, 0.15) is 11.7 Å². The Labute approximate surface area is 197 Å². The topological polar surface area (TPSA) is 83.0 Å². The second-order valence-corrected chi connectivity index (χ2v) is 10.0. The Hall–Kier alpha value is -2.59. The first-order chi connectivity index (χ1) is 15.7. The monoisotopic (exact) mass is 455 g/mol. The number of ether oxygens (including phenoxy) is 1. The Kier molecular flexibility index (Phi) is 8.36. The molecule has 0 radical (unpaired) electrons. The van der Waals surface area contributed by atoms with Gasteiger partial charge in [-0.15, -0.1) is 0 Å². The normalized spacial score (nSPS) is 21.3. The second kappa shape index (κ2) is 11.0. The summed E-state index contributed by atoms with van der Waals surface area (Å²) in [5, 5.41) is 9.78. The molecule has 1 aromatic heterocycles. The van der Waals surface area contributed by atoms with Gasteiger partial charge in [0.2, 0.25) is 11.8 Å². The lowest BCUT2D eigenvalue weighted by Crippen LogP contribution is -2.50. The molecule has 0 spiro atoms. The third-order valence-electron chi connectivity index (χ3n) is 6.30. The van der Waals surface area contributed by atoms with Crippen LogP contribution < -0.4 is 4.74 Å². The summed E-state index contributed by atoms with van der Waals surface area (Å²) in [6, 6.07) is 1.38. The number of likely N-dealkylation sites (N-methyl/N-ethyl adjacent to an activating group) is 1. The van der Waals surface area contributed by atoms with Crippen LogP contribution >= 0.6 is 0 Å². The van der Waals surface area contributed by atoms with E-state index in [-0.39, 0.29) is 42.4 Å². The van der Waals surface area contributed by atoms with Gasteiger partial charge in [-0.25, -0.2) is 4.98 Å². The molecule has 0 saturated heterocycles. The van der Waals surface area contributed by atoms with Crippen LogP contribution in [0.5, 0.6) is 5.88 Å². The molecule has 33 heavy (non-hydrogen) atoms. The largest absolute Gasteiger partial charge is 0.472 e. The molecule has 2 aliphatic rings. The van der Waals surface area contributed by atoms with Gasteiger partial charge in [0.25, 0.3) is 5.91 Å². The maximum atomic E-state index is 13.4. The van der Waals surface area contributed by atoms with Crippen LogP contribution in [0.1, 0.15) is 69.3 Å². The van der Waals surface area contributed by atoms with Gasteiger partial charge in [-0.05, 0) is 37.7 Å². The highest BCUT2D eigenvalue weighted by Crippen LogP contribution is 2.33. The van der Waals surface area contributed by atoms with Crippen molar-refractivity contribution in [2.24, 2.45) is 17.8 Å². The van der Waals surface area contributed by atoms with Crippen molar-refractivity contribution in [2.75, 3.05) is 26.7 Å². The summed E-state index contributed by atoms with van der Waals surface area (Å²) in [4.78, 5) is 33.9. The van der Waals surface area contributed by atoms with Gasteiger partial charge in [0.05, 0.1) is 19.2 Å². The van der Waals surface area contributed by atoms with Crippen molar-refractivity contribution in [1.82, 2.24) is 14.8 Å². The summed E-state index contributed by atoms with van der Waals surface area (Å²) in [5.41, 5.74) is 1.00. The van der Waals surface area contributed by atoms with E-state index >= 15 is 0 Å². The summed E-state index contributed by atoms with van der Waals surface area (Å²) in [5.74, 6) is 7.30. The Bertz CT molecular complexity index is 916. The minimum absolute atomic E-state index is 0.0559. The number of nitrogens with zero attached hydrogens (tertiary/aromatic N) is 3. The number of pyridine rings is 1. The number of amides is 2. The summed E-state index contributed by atoms with van der Waals surface area (Å²) in [6.45, 7) is 8.73. The molecule has 180 valence electrons. The molecule has 3 atom stereocenters. The van der Waals surface area contributed by atoms with Gasteiger partial charge in [-0.3, -0.25) is 9.59 Å². The fraction of sp³-hybridized carbons (Fsp3) is 0.654. The maximum Gasteiger partial charge on any atom is 0.259 e. The molecule has 1 fully saturated rings. The molecule has 1 aliphatic carbocycles. The Morgan fingerprint density at radius 2 is 2.09 bits per heavy atom. The van der Waals surface area contributed by atoms with Crippen LogP contribution in [0.4, 0.5) is 0 Å². The highest BCUT2D eigenvalue weighted by atomic mass is 16.5. The number of aromatic nitrogens is 1. The maximum absolute atomic E-state index is 13.4. The lowest BCUT2D eigenvalue weighted by molar-refractivity contribution is -0.131. The molecule has 1 N–H and O–H groups in total. The zero-order valence-electron chi connectivity index (χ0n) is 20.5. The lowest BCUT2D eigenvalue weighted by Gasteiger charge is -2.37. The smallest absolute Gasteiger partial charge is 0.259 e. The Morgan fingerprint density at radius 1 is 1.36 bits per heavy atom. The highest BCUT2D eigenvalue weighted by Gasteiger charge is 2.35. The van der Waals surface area contributed by atoms with Crippen LogP contribution in [0.25, 0.3) is 0 Å². The fourth-order valence-corrected chi connectivity index (χ4v) is 3.84. The third kappa shape index (κ3) is 6.70. The van der Waals surface area contributed by atoms with Crippen molar-refractivity contribution in [3.05, 3.63) is 23.4 Å². The molecule has 0 bridgehead atoms. The van der Waals surface area contributed by atoms with Crippen molar-refractivity contribution in [1.29, 1.82) is 0 Å². The van der Waals surface area contributed by atoms with Crippen molar-refractivity contribution in [3.63, 3.8) is 0 Å². The summed E-state index contributed by atoms with van der Waals surface area (Å²) >= 11 is 0. The summed E-state index contributed by atoms with van der Waals surface area (Å²) < 4.78 is 6.26. The zero-order chi connectivity index (χ0) is 24.1. The predicted molar refractivity (Wildman–Crippen MR) is 127 cm³/mol. The van der Waals surface area contributed by atoms with E-state index in [9.17, 15) is 14.7 Å². The fourth-order valence-electron chi connectivity index (χ4n) is 3.84. The molecule has 2 heterocycles. The van der Waals surface area contributed by atoms with Gasteiger partial charge in [-0.2, -0.15) is 0 Å². The zero-order valence-corrected chi connectivity index (χ0v) is 20.5. The van der Waals surface area contributed by atoms with Crippen LogP contribution in [-0.2, 0) is 4.79 Å². The van der Waals surface area contributed by atoms with E-state index in [4.69, 9.17) is 4.74 Å². The van der Waals surface area contributed by atoms with E-state index < -0.39 is 0 Å². The van der Waals surface area contributed by atoms with E-state index in [1.54, 1.807) is 29.1 Å². The van der Waals surface area contributed by atoms with E-state index in [1.165, 1.54) is 0 Å². The van der Waals surface area contributed by atoms with E-state index in [2.05, 4.69) is 30.7 Å². The number of carbonyl (C=O) groups is 2. The van der Waals surface area contributed by atoms with Crippen molar-refractivity contribution >= 4 is 11.8 Å². The van der Waals surface area contributed by atoms with E-state index in [0.717, 1.165) is 19.3 Å². The van der Waals surface area contributed by atoms with Gasteiger partial charge >= 0.3 is 0 Å². The van der Waals surface area contributed by atoms with Crippen LogP contribution in [0.15, 0.2) is 12.3 Å². The van der Waals surface area contributed by atoms with E-state index in [1.807, 2.05) is 13.8 Å². The predicted octanol–water partition coefficient (Wildman–Crippen LogP) is 2.96. The number of rotatable bonds is 7. The summed E-state index contributed by atoms with van der Waals surface area (Å²) in [6.07, 6.45) is 4.90. The average molecular weight is 456 g/mol. The Balaban J connectivity index is 1.89. The molecule has 7 heteroatoms. The molecule has 7 nitrogen and oxygen atoms in total. The van der Waals surface area contributed by atoms with Crippen molar-refractivity contribution < 1.29 is 19.4 Å². The van der Waals surface area contributed by atoms with Crippen LogP contribution in [0, 0.1) is 29.6 Å². The van der Waals surface area contributed by atoms with E-state index in [0.29, 0.717) is 42.5 Å². The molecule has 2 amide bonds. The molecule has 0 aromatic carbocycles. The minimum Gasteiger partial charge on any atom is -0.472 e. The first-order valence-electron chi connectivity index (χ1n) is 12.0. The molecule has 3 rings (SSSR count). The van der Waals surface area contributed by atoms with Gasteiger partial charge in [-0.1, -0.05) is 32.6 Å². The van der Waals surface area contributed by atoms with Gasteiger partial charge in [0, 0.05) is 44.1 Å². The first-order valence-corrected chi connectivity index (χ1v) is 12.0. The van der Waals surface area contributed by atoms with Crippen LogP contribution in [0.2, 0.25) is 0 Å². The molecule has 1 aromatic rings. The third-order valence-corrected chi connectivity index (χ3v) is 6.30. The number of aliphatic hydroxyl groups excluding tert-OH is 1.